The summed E-state index contributed by atoms with van der Waals surface area (Å²) in [7, 11) is 0. The average molecular weight is 255 g/mol. The van der Waals surface area contributed by atoms with Crippen molar-refractivity contribution in [2.24, 2.45) is 5.73 Å². The Morgan fingerprint density at radius 2 is 2.05 bits per heavy atom. The molecule has 0 aliphatic rings. The largest absolute Gasteiger partial charge is 0.508 e. The zero-order valence-electron chi connectivity index (χ0n) is 9.66. The number of phenols is 1. The fourth-order valence-electron chi connectivity index (χ4n) is 1.39. The topological polar surface area (TPSA) is 125 Å². The molecule has 1 amide bonds. The van der Waals surface area contributed by atoms with Crippen molar-refractivity contribution >= 4 is 17.4 Å². The smallest absolute Gasteiger partial charge is 0.271 e. The molecule has 0 unspecified atom stereocenters. The second-order valence-corrected chi connectivity index (χ2v) is 3.60. The molecule has 94 valence electrons. The standard InChI is InChI=1S/C12H9N5O2/c13-5-8-6-15-10(11(14)19)12(17-8)16-7-1-3-9(18)4-2-7/h1-4,6,18H,(H2,14,19)(H,16,17). The molecule has 0 radical (unpaired) electrons. The summed E-state index contributed by atoms with van der Waals surface area (Å²) in [6.45, 7) is 0. The van der Waals surface area contributed by atoms with Crippen molar-refractivity contribution in [2.45, 2.75) is 0 Å². The van der Waals surface area contributed by atoms with Gasteiger partial charge in [-0.3, -0.25) is 4.79 Å². The van der Waals surface area contributed by atoms with Gasteiger partial charge in [0.2, 0.25) is 0 Å². The van der Waals surface area contributed by atoms with Gasteiger partial charge in [0.1, 0.15) is 11.8 Å². The summed E-state index contributed by atoms with van der Waals surface area (Å²) in [5.41, 5.74) is 5.75. The Morgan fingerprint density at radius 1 is 1.37 bits per heavy atom. The third kappa shape index (κ3) is 2.76. The predicted octanol–water partition coefficient (Wildman–Crippen LogP) is 0.896. The SMILES string of the molecule is N#Cc1cnc(C(N)=O)c(Nc2ccc(O)cc2)n1. The number of hydrogen-bond acceptors (Lipinski definition) is 6. The molecule has 0 atom stereocenters. The number of aromatic nitrogens is 2. The molecular formula is C12H9N5O2. The van der Waals surface area contributed by atoms with Crippen molar-refractivity contribution in [3.8, 4) is 11.8 Å². The number of aromatic hydroxyl groups is 1. The number of benzene rings is 1. The van der Waals surface area contributed by atoms with Crippen LogP contribution in [-0.4, -0.2) is 21.0 Å². The van der Waals surface area contributed by atoms with Crippen molar-refractivity contribution in [2.75, 3.05) is 5.32 Å². The van der Waals surface area contributed by atoms with Gasteiger partial charge in [-0.2, -0.15) is 5.26 Å². The Balaban J connectivity index is 2.40. The van der Waals surface area contributed by atoms with Gasteiger partial charge in [0.05, 0.1) is 6.20 Å². The zero-order chi connectivity index (χ0) is 13.8. The molecular weight excluding hydrogens is 246 g/mol. The van der Waals surface area contributed by atoms with Crippen LogP contribution >= 0.6 is 0 Å². The number of nitrogens with one attached hydrogen (secondary N) is 1. The molecule has 2 aromatic rings. The summed E-state index contributed by atoms with van der Waals surface area (Å²) in [4.78, 5) is 18.9. The van der Waals surface area contributed by atoms with Gasteiger partial charge in [0.15, 0.2) is 17.2 Å². The van der Waals surface area contributed by atoms with Crippen molar-refractivity contribution < 1.29 is 9.90 Å². The minimum absolute atomic E-state index is 0.0614. The number of primary amides is 1. The van der Waals surface area contributed by atoms with Gasteiger partial charge in [-0.25, -0.2) is 9.97 Å². The molecule has 0 fully saturated rings. The Hall–Kier alpha value is -3.14. The van der Waals surface area contributed by atoms with Gasteiger partial charge in [0, 0.05) is 5.69 Å². The molecule has 0 aliphatic heterocycles. The highest BCUT2D eigenvalue weighted by Gasteiger charge is 2.13. The number of nitrogens with two attached hydrogens (primary N) is 1. The number of amides is 1. The Labute approximate surface area is 108 Å². The summed E-state index contributed by atoms with van der Waals surface area (Å²) in [6, 6.07) is 7.92. The van der Waals surface area contributed by atoms with E-state index >= 15 is 0 Å². The average Bonchev–Trinajstić information content (AvgIpc) is 2.41. The van der Waals surface area contributed by atoms with E-state index in [-0.39, 0.29) is 23.0 Å². The summed E-state index contributed by atoms with van der Waals surface area (Å²) in [5, 5.41) is 20.8. The Bertz CT molecular complexity index is 661. The Kier molecular flexibility index (Phi) is 3.25. The number of anilines is 2. The van der Waals surface area contributed by atoms with Crippen molar-refractivity contribution in [1.29, 1.82) is 5.26 Å². The zero-order valence-corrected chi connectivity index (χ0v) is 9.66. The molecule has 1 aromatic carbocycles. The lowest BCUT2D eigenvalue weighted by molar-refractivity contribution is 0.0996. The molecule has 0 spiro atoms. The van der Waals surface area contributed by atoms with E-state index in [0.717, 1.165) is 0 Å². The highest BCUT2D eigenvalue weighted by atomic mass is 16.3. The van der Waals surface area contributed by atoms with Crippen LogP contribution in [0.3, 0.4) is 0 Å². The van der Waals surface area contributed by atoms with Crippen LogP contribution in [0.4, 0.5) is 11.5 Å². The summed E-state index contributed by atoms with van der Waals surface area (Å²) >= 11 is 0. The molecule has 1 heterocycles. The molecule has 2 rings (SSSR count). The van der Waals surface area contributed by atoms with Gasteiger partial charge >= 0.3 is 0 Å². The number of nitrogens with zero attached hydrogens (tertiary/aromatic N) is 3. The highest BCUT2D eigenvalue weighted by molar-refractivity contribution is 5.96. The molecule has 7 heteroatoms. The van der Waals surface area contributed by atoms with Gasteiger partial charge in [0.25, 0.3) is 5.91 Å². The molecule has 0 saturated heterocycles. The molecule has 1 aromatic heterocycles. The van der Waals surface area contributed by atoms with E-state index in [1.165, 1.54) is 18.3 Å². The lowest BCUT2D eigenvalue weighted by Crippen LogP contribution is -2.16. The van der Waals surface area contributed by atoms with E-state index in [9.17, 15) is 9.90 Å². The second-order valence-electron chi connectivity index (χ2n) is 3.60. The van der Waals surface area contributed by atoms with Crippen LogP contribution in [0.5, 0.6) is 5.75 Å². The fourth-order valence-corrected chi connectivity index (χ4v) is 1.39. The van der Waals surface area contributed by atoms with E-state index in [0.29, 0.717) is 5.69 Å². The maximum absolute atomic E-state index is 11.2. The third-order valence-corrected chi connectivity index (χ3v) is 2.25. The summed E-state index contributed by atoms with van der Waals surface area (Å²) < 4.78 is 0. The first-order valence-corrected chi connectivity index (χ1v) is 5.23. The minimum Gasteiger partial charge on any atom is -0.508 e. The quantitative estimate of drug-likeness (QED) is 0.699. The van der Waals surface area contributed by atoms with E-state index in [1.807, 2.05) is 6.07 Å². The minimum atomic E-state index is -0.752. The first kappa shape index (κ1) is 12.3. The van der Waals surface area contributed by atoms with Crippen LogP contribution < -0.4 is 11.1 Å². The predicted molar refractivity (Wildman–Crippen MR) is 66.7 cm³/mol. The molecule has 7 nitrogen and oxygen atoms in total. The van der Waals surface area contributed by atoms with Crippen LogP contribution in [0.1, 0.15) is 16.2 Å². The lowest BCUT2D eigenvalue weighted by atomic mass is 10.3. The number of phenolic OH excluding ortho intramolecular Hbond substituents is 1. The van der Waals surface area contributed by atoms with Crippen LogP contribution in [0.15, 0.2) is 30.5 Å². The van der Waals surface area contributed by atoms with Gasteiger partial charge in [-0.05, 0) is 24.3 Å². The van der Waals surface area contributed by atoms with Crippen LogP contribution in [0.2, 0.25) is 0 Å². The molecule has 4 N–H and O–H groups in total. The molecule has 19 heavy (non-hydrogen) atoms. The van der Waals surface area contributed by atoms with Crippen molar-refractivity contribution in [3.05, 3.63) is 41.9 Å². The number of rotatable bonds is 3. The number of carbonyl (C=O) groups excluding carboxylic acids is 1. The van der Waals surface area contributed by atoms with E-state index in [1.54, 1.807) is 12.1 Å². The van der Waals surface area contributed by atoms with Crippen molar-refractivity contribution in [1.82, 2.24) is 9.97 Å². The highest BCUT2D eigenvalue weighted by Crippen LogP contribution is 2.19. The maximum atomic E-state index is 11.2. The number of nitriles is 1. The monoisotopic (exact) mass is 255 g/mol. The third-order valence-electron chi connectivity index (χ3n) is 2.25. The first-order valence-electron chi connectivity index (χ1n) is 5.23. The molecule has 0 aliphatic carbocycles. The lowest BCUT2D eigenvalue weighted by Gasteiger charge is -2.08. The van der Waals surface area contributed by atoms with Crippen LogP contribution in [-0.2, 0) is 0 Å². The summed E-state index contributed by atoms with van der Waals surface area (Å²) in [5.74, 6) is -0.548. The number of carbonyl (C=O) groups is 1. The second kappa shape index (κ2) is 5.01. The van der Waals surface area contributed by atoms with Crippen LogP contribution in [0.25, 0.3) is 0 Å². The maximum Gasteiger partial charge on any atom is 0.271 e. The van der Waals surface area contributed by atoms with Gasteiger partial charge in [-0.1, -0.05) is 0 Å². The summed E-state index contributed by atoms with van der Waals surface area (Å²) in [6.07, 6.45) is 1.17. The van der Waals surface area contributed by atoms with Crippen molar-refractivity contribution in [3.63, 3.8) is 0 Å². The first-order chi connectivity index (χ1) is 9.10. The van der Waals surface area contributed by atoms with Gasteiger partial charge in [-0.15, -0.1) is 0 Å². The normalized spacial score (nSPS) is 9.63. The molecule has 0 saturated carbocycles. The van der Waals surface area contributed by atoms with Gasteiger partial charge < -0.3 is 16.2 Å². The Morgan fingerprint density at radius 3 is 2.63 bits per heavy atom. The van der Waals surface area contributed by atoms with Crippen LogP contribution in [0, 0.1) is 11.3 Å². The number of hydrogen-bond donors (Lipinski definition) is 3. The molecule has 0 bridgehead atoms. The van der Waals surface area contributed by atoms with E-state index < -0.39 is 5.91 Å². The van der Waals surface area contributed by atoms with E-state index in [4.69, 9.17) is 11.0 Å². The fraction of sp³-hybridized carbons (Fsp3) is 0. The van der Waals surface area contributed by atoms with E-state index in [2.05, 4.69) is 15.3 Å².